The standard InChI is InChI=1S/C25H19Cl2NO3S2/c26-19-13-18(23(21(27)15-19)31-12-11-30-20-9-5-2-6-10-20)14-22-24(29)28(25(32)33-22)16-17-7-3-1-4-8-17/h1-10,13-15H,11-12,16H2. The number of thioether (sulfide) groups is 1. The van der Waals surface area contributed by atoms with Crippen LogP contribution in [0.5, 0.6) is 11.5 Å². The molecule has 1 amide bonds. The molecule has 3 aromatic rings. The Morgan fingerprint density at radius 3 is 2.33 bits per heavy atom. The third-order valence-corrected chi connectivity index (χ3v) is 6.60. The first kappa shape index (κ1) is 23.6. The quantitative estimate of drug-likeness (QED) is 0.186. The van der Waals surface area contributed by atoms with E-state index in [-0.39, 0.29) is 12.5 Å². The molecule has 1 aliphatic rings. The molecule has 0 aromatic heterocycles. The third-order valence-electron chi connectivity index (χ3n) is 4.72. The molecule has 8 heteroatoms. The van der Waals surface area contributed by atoms with Crippen LogP contribution in [0.15, 0.2) is 77.7 Å². The second-order valence-electron chi connectivity index (χ2n) is 7.07. The summed E-state index contributed by atoms with van der Waals surface area (Å²) in [5.41, 5.74) is 1.61. The van der Waals surface area contributed by atoms with Crippen molar-refractivity contribution in [1.29, 1.82) is 0 Å². The Labute approximate surface area is 212 Å². The van der Waals surface area contributed by atoms with Crippen LogP contribution in [-0.4, -0.2) is 28.3 Å². The van der Waals surface area contributed by atoms with Crippen molar-refractivity contribution >= 4 is 63.5 Å². The highest BCUT2D eigenvalue weighted by molar-refractivity contribution is 8.26. The number of hydrogen-bond acceptors (Lipinski definition) is 5. The fourth-order valence-electron chi connectivity index (χ4n) is 3.20. The summed E-state index contributed by atoms with van der Waals surface area (Å²) in [4.78, 5) is 15.1. The molecule has 3 aromatic carbocycles. The number of hydrogen-bond donors (Lipinski definition) is 0. The Morgan fingerprint density at radius 1 is 0.939 bits per heavy atom. The first-order valence-corrected chi connectivity index (χ1v) is 12.1. The van der Waals surface area contributed by atoms with E-state index in [4.69, 9.17) is 44.9 Å². The lowest BCUT2D eigenvalue weighted by Gasteiger charge is -2.14. The molecule has 1 aliphatic heterocycles. The monoisotopic (exact) mass is 515 g/mol. The van der Waals surface area contributed by atoms with E-state index in [1.165, 1.54) is 11.8 Å². The molecule has 1 heterocycles. The van der Waals surface area contributed by atoms with Gasteiger partial charge >= 0.3 is 0 Å². The largest absolute Gasteiger partial charge is 0.490 e. The Bertz CT molecular complexity index is 1190. The summed E-state index contributed by atoms with van der Waals surface area (Å²) in [5.74, 6) is 1.03. The molecule has 33 heavy (non-hydrogen) atoms. The minimum Gasteiger partial charge on any atom is -0.490 e. The van der Waals surface area contributed by atoms with Crippen LogP contribution in [0.4, 0.5) is 0 Å². The predicted molar refractivity (Wildman–Crippen MR) is 139 cm³/mol. The highest BCUT2D eigenvalue weighted by Crippen LogP contribution is 2.38. The van der Waals surface area contributed by atoms with Gasteiger partial charge in [0.15, 0.2) is 0 Å². The lowest BCUT2D eigenvalue weighted by atomic mass is 10.1. The zero-order chi connectivity index (χ0) is 23.2. The van der Waals surface area contributed by atoms with Crippen molar-refractivity contribution in [2.75, 3.05) is 13.2 Å². The molecule has 0 N–H and O–H groups in total. The predicted octanol–water partition coefficient (Wildman–Crippen LogP) is 6.85. The molecule has 1 fully saturated rings. The van der Waals surface area contributed by atoms with Gasteiger partial charge in [-0.3, -0.25) is 9.69 Å². The minimum absolute atomic E-state index is 0.164. The van der Waals surface area contributed by atoms with Crippen LogP contribution in [0.2, 0.25) is 10.0 Å². The number of carbonyl (C=O) groups is 1. The number of thiocarbonyl (C=S) groups is 1. The summed E-state index contributed by atoms with van der Waals surface area (Å²) in [6, 6.07) is 22.5. The fourth-order valence-corrected chi connectivity index (χ4v) is 5.01. The third kappa shape index (κ3) is 6.09. The van der Waals surface area contributed by atoms with Crippen LogP contribution < -0.4 is 9.47 Å². The minimum atomic E-state index is -0.164. The van der Waals surface area contributed by atoms with Gasteiger partial charge in [-0.25, -0.2) is 0 Å². The summed E-state index contributed by atoms with van der Waals surface area (Å²) >= 11 is 19.3. The van der Waals surface area contributed by atoms with Gasteiger partial charge in [0.1, 0.15) is 29.0 Å². The van der Waals surface area contributed by atoms with Gasteiger partial charge in [-0.15, -0.1) is 0 Å². The van der Waals surface area contributed by atoms with Crippen LogP contribution in [-0.2, 0) is 11.3 Å². The molecular formula is C25H19Cl2NO3S2. The topological polar surface area (TPSA) is 38.8 Å². The highest BCUT2D eigenvalue weighted by atomic mass is 35.5. The smallest absolute Gasteiger partial charge is 0.266 e. The normalized spacial score (nSPS) is 14.7. The van der Waals surface area contributed by atoms with Crippen molar-refractivity contribution in [2.45, 2.75) is 6.54 Å². The lowest BCUT2D eigenvalue weighted by Crippen LogP contribution is -2.27. The van der Waals surface area contributed by atoms with Crippen molar-refractivity contribution in [3.8, 4) is 11.5 Å². The van der Waals surface area contributed by atoms with Gasteiger partial charge < -0.3 is 9.47 Å². The summed E-state index contributed by atoms with van der Waals surface area (Å²) in [6.07, 6.45) is 1.72. The van der Waals surface area contributed by atoms with Crippen molar-refractivity contribution in [3.63, 3.8) is 0 Å². The molecule has 4 nitrogen and oxygen atoms in total. The molecule has 0 bridgehead atoms. The molecular weight excluding hydrogens is 497 g/mol. The molecule has 0 spiro atoms. The molecule has 4 rings (SSSR count). The van der Waals surface area contributed by atoms with Gasteiger partial charge in [0.2, 0.25) is 0 Å². The van der Waals surface area contributed by atoms with E-state index in [0.717, 1.165) is 11.3 Å². The van der Waals surface area contributed by atoms with Crippen molar-refractivity contribution in [2.24, 2.45) is 0 Å². The maximum Gasteiger partial charge on any atom is 0.266 e. The summed E-state index contributed by atoms with van der Waals surface area (Å²) in [5, 5.41) is 0.798. The second-order valence-corrected chi connectivity index (χ2v) is 9.59. The van der Waals surface area contributed by atoms with Crippen LogP contribution in [0, 0.1) is 0 Å². The van der Waals surface area contributed by atoms with Gasteiger partial charge in [0.25, 0.3) is 5.91 Å². The molecule has 1 saturated heterocycles. The molecule has 0 saturated carbocycles. The number of carbonyl (C=O) groups excluding carboxylic acids is 1. The Kier molecular flexibility index (Phi) is 7.93. The Balaban J connectivity index is 1.49. The number of nitrogens with zero attached hydrogens (tertiary/aromatic N) is 1. The van der Waals surface area contributed by atoms with E-state index in [0.29, 0.717) is 43.7 Å². The van der Waals surface area contributed by atoms with Gasteiger partial charge in [-0.1, -0.05) is 95.7 Å². The van der Waals surface area contributed by atoms with Gasteiger partial charge in [-0.2, -0.15) is 0 Å². The number of benzene rings is 3. The molecule has 0 atom stereocenters. The SMILES string of the molecule is O=C1C(=Cc2cc(Cl)cc(Cl)c2OCCOc2ccccc2)SC(=S)N1Cc1ccccc1. The first-order chi connectivity index (χ1) is 16.0. The number of para-hydroxylation sites is 1. The average molecular weight is 516 g/mol. The van der Waals surface area contributed by atoms with Gasteiger partial charge in [0.05, 0.1) is 16.5 Å². The van der Waals surface area contributed by atoms with E-state index >= 15 is 0 Å². The average Bonchev–Trinajstić information content (AvgIpc) is 3.06. The Hall–Kier alpha value is -2.51. The van der Waals surface area contributed by atoms with E-state index in [9.17, 15) is 4.79 Å². The van der Waals surface area contributed by atoms with E-state index in [1.54, 1.807) is 23.1 Å². The van der Waals surface area contributed by atoms with Gasteiger partial charge in [0, 0.05) is 10.6 Å². The van der Waals surface area contributed by atoms with Gasteiger partial charge in [-0.05, 0) is 35.9 Å². The van der Waals surface area contributed by atoms with Crippen molar-refractivity contribution in [1.82, 2.24) is 4.90 Å². The number of halogens is 2. The van der Waals surface area contributed by atoms with E-state index < -0.39 is 0 Å². The maximum absolute atomic E-state index is 13.0. The summed E-state index contributed by atoms with van der Waals surface area (Å²) < 4.78 is 12.1. The highest BCUT2D eigenvalue weighted by Gasteiger charge is 2.32. The number of ether oxygens (including phenoxy) is 2. The molecule has 0 aliphatic carbocycles. The zero-order valence-corrected chi connectivity index (χ0v) is 20.5. The number of amides is 1. The van der Waals surface area contributed by atoms with Crippen molar-refractivity contribution < 1.29 is 14.3 Å². The van der Waals surface area contributed by atoms with Crippen LogP contribution in [0.1, 0.15) is 11.1 Å². The van der Waals surface area contributed by atoms with E-state index in [2.05, 4.69) is 0 Å². The van der Waals surface area contributed by atoms with Crippen molar-refractivity contribution in [3.05, 3.63) is 98.9 Å². The Morgan fingerprint density at radius 2 is 1.61 bits per heavy atom. The van der Waals surface area contributed by atoms with Crippen LogP contribution in [0.3, 0.4) is 0 Å². The maximum atomic E-state index is 13.0. The zero-order valence-electron chi connectivity index (χ0n) is 17.4. The second kappa shape index (κ2) is 11.1. The van der Waals surface area contributed by atoms with Crippen LogP contribution in [0.25, 0.3) is 6.08 Å². The first-order valence-electron chi connectivity index (χ1n) is 10.1. The number of rotatable bonds is 8. The molecule has 168 valence electrons. The van der Waals surface area contributed by atoms with E-state index in [1.807, 2.05) is 60.7 Å². The fraction of sp³-hybridized carbons (Fsp3) is 0.120. The molecule has 0 unspecified atom stereocenters. The van der Waals surface area contributed by atoms with Crippen LogP contribution >= 0.6 is 47.2 Å². The summed E-state index contributed by atoms with van der Waals surface area (Å²) in [7, 11) is 0. The lowest BCUT2D eigenvalue weighted by molar-refractivity contribution is -0.122. The molecule has 0 radical (unpaired) electrons. The summed E-state index contributed by atoms with van der Waals surface area (Å²) in [6.45, 7) is 1.02.